The standard InChI is InChI=1S/C22H29N5O/c1-3-10-19(11-4-1)27-22(23-24-25-27)21(26-13-7-2-8-14-26)18-15-17-9-5-6-12-20(17)28-16-18/h5-6,9,12,15,19,21H,1-4,7-8,10-11,13-14,16H2/t21-/m1/s1. The van der Waals surface area contributed by atoms with E-state index < -0.39 is 0 Å². The first-order valence-corrected chi connectivity index (χ1v) is 10.8. The molecule has 0 unspecified atom stereocenters. The van der Waals surface area contributed by atoms with Gasteiger partial charge in [0.2, 0.25) is 0 Å². The zero-order valence-corrected chi connectivity index (χ0v) is 16.5. The lowest BCUT2D eigenvalue weighted by molar-refractivity contribution is 0.160. The highest BCUT2D eigenvalue weighted by atomic mass is 16.5. The van der Waals surface area contributed by atoms with Crippen LogP contribution >= 0.6 is 0 Å². The van der Waals surface area contributed by atoms with Gasteiger partial charge in [0.05, 0.1) is 12.1 Å². The van der Waals surface area contributed by atoms with Gasteiger partial charge in [-0.25, -0.2) is 4.68 Å². The molecule has 148 valence electrons. The molecule has 1 aromatic carbocycles. The molecule has 2 aliphatic heterocycles. The van der Waals surface area contributed by atoms with E-state index in [0.717, 1.165) is 30.2 Å². The number of hydrogen-bond donors (Lipinski definition) is 0. The molecular formula is C22H29N5O. The number of rotatable bonds is 4. The molecule has 28 heavy (non-hydrogen) atoms. The number of para-hydroxylation sites is 1. The van der Waals surface area contributed by atoms with Gasteiger partial charge in [-0.15, -0.1) is 5.10 Å². The van der Waals surface area contributed by atoms with E-state index in [2.05, 4.69) is 43.3 Å². The molecule has 1 atom stereocenters. The Kier molecular flexibility index (Phi) is 5.12. The lowest BCUT2D eigenvalue weighted by atomic mass is 9.94. The fourth-order valence-electron chi connectivity index (χ4n) is 5.00. The van der Waals surface area contributed by atoms with Crippen LogP contribution in [-0.4, -0.2) is 44.8 Å². The number of piperidine rings is 1. The van der Waals surface area contributed by atoms with Crippen LogP contribution < -0.4 is 4.74 Å². The minimum absolute atomic E-state index is 0.102. The van der Waals surface area contributed by atoms with Crippen molar-refractivity contribution in [1.29, 1.82) is 0 Å². The third-order valence-electron chi connectivity index (χ3n) is 6.44. The van der Waals surface area contributed by atoms with Crippen LogP contribution in [-0.2, 0) is 0 Å². The molecule has 1 saturated heterocycles. The Balaban J connectivity index is 1.53. The first kappa shape index (κ1) is 17.9. The van der Waals surface area contributed by atoms with Gasteiger partial charge in [-0.3, -0.25) is 4.90 Å². The van der Waals surface area contributed by atoms with Crippen molar-refractivity contribution in [2.45, 2.75) is 63.5 Å². The summed E-state index contributed by atoms with van der Waals surface area (Å²) in [6.07, 6.45) is 12.4. The van der Waals surface area contributed by atoms with E-state index in [1.54, 1.807) is 0 Å². The van der Waals surface area contributed by atoms with Gasteiger partial charge in [0.15, 0.2) is 5.82 Å². The number of benzene rings is 1. The lowest BCUT2D eigenvalue weighted by Gasteiger charge is -2.37. The monoisotopic (exact) mass is 379 g/mol. The van der Waals surface area contributed by atoms with E-state index >= 15 is 0 Å². The molecule has 1 saturated carbocycles. The first-order valence-electron chi connectivity index (χ1n) is 10.8. The van der Waals surface area contributed by atoms with Crippen LogP contribution in [0, 0.1) is 0 Å². The van der Waals surface area contributed by atoms with Gasteiger partial charge >= 0.3 is 0 Å². The van der Waals surface area contributed by atoms with Gasteiger partial charge in [-0.2, -0.15) is 0 Å². The molecule has 1 aromatic heterocycles. The quantitative estimate of drug-likeness (QED) is 0.798. The molecule has 0 bridgehead atoms. The molecule has 6 heteroatoms. The fraction of sp³-hybridized carbons (Fsp3) is 0.591. The van der Waals surface area contributed by atoms with Crippen LogP contribution in [0.1, 0.15) is 74.8 Å². The summed E-state index contributed by atoms with van der Waals surface area (Å²) in [7, 11) is 0. The average Bonchev–Trinajstić information content (AvgIpc) is 3.25. The Morgan fingerprint density at radius 3 is 2.61 bits per heavy atom. The predicted octanol–water partition coefficient (Wildman–Crippen LogP) is 4.18. The van der Waals surface area contributed by atoms with Crippen molar-refractivity contribution in [3.8, 4) is 5.75 Å². The molecule has 0 spiro atoms. The summed E-state index contributed by atoms with van der Waals surface area (Å²) in [6, 6.07) is 8.82. The molecule has 2 fully saturated rings. The minimum Gasteiger partial charge on any atom is -0.489 e. The topological polar surface area (TPSA) is 56.1 Å². The summed E-state index contributed by atoms with van der Waals surface area (Å²) in [6.45, 7) is 2.80. The minimum atomic E-state index is 0.102. The molecular weight excluding hydrogens is 350 g/mol. The van der Waals surface area contributed by atoms with Gasteiger partial charge in [0, 0.05) is 5.56 Å². The zero-order chi connectivity index (χ0) is 18.8. The van der Waals surface area contributed by atoms with Crippen molar-refractivity contribution in [2.75, 3.05) is 19.7 Å². The third kappa shape index (κ3) is 3.46. The van der Waals surface area contributed by atoms with Crippen molar-refractivity contribution in [3.05, 3.63) is 41.2 Å². The summed E-state index contributed by atoms with van der Waals surface area (Å²) in [5.74, 6) is 1.97. The lowest BCUT2D eigenvalue weighted by Crippen LogP contribution is -2.38. The maximum atomic E-state index is 6.12. The second kappa shape index (κ2) is 8.03. The van der Waals surface area contributed by atoms with Crippen molar-refractivity contribution < 1.29 is 4.74 Å². The number of aromatic nitrogens is 4. The molecule has 0 amide bonds. The Morgan fingerprint density at radius 2 is 1.75 bits per heavy atom. The Hall–Kier alpha value is -2.21. The van der Waals surface area contributed by atoms with E-state index in [1.807, 2.05) is 12.1 Å². The number of likely N-dealkylation sites (tertiary alicyclic amines) is 1. The highest BCUT2D eigenvalue weighted by Crippen LogP contribution is 2.38. The normalized spacial score (nSPS) is 22.2. The zero-order valence-electron chi connectivity index (χ0n) is 16.5. The van der Waals surface area contributed by atoms with Crippen molar-refractivity contribution in [2.24, 2.45) is 0 Å². The second-order valence-electron chi connectivity index (χ2n) is 8.32. The van der Waals surface area contributed by atoms with E-state index in [4.69, 9.17) is 4.74 Å². The van der Waals surface area contributed by atoms with Crippen LogP contribution in [0.25, 0.3) is 6.08 Å². The highest BCUT2D eigenvalue weighted by molar-refractivity contribution is 5.63. The SMILES string of the molecule is C1=C([C@H](c2nnnn2C2CCCCC2)N2CCCCC2)COc2ccccc21. The Morgan fingerprint density at radius 1 is 0.964 bits per heavy atom. The average molecular weight is 380 g/mol. The molecule has 3 heterocycles. The largest absolute Gasteiger partial charge is 0.489 e. The maximum Gasteiger partial charge on any atom is 0.173 e. The molecule has 2 aromatic rings. The molecule has 0 N–H and O–H groups in total. The van der Waals surface area contributed by atoms with Gasteiger partial charge in [0.1, 0.15) is 12.4 Å². The van der Waals surface area contributed by atoms with E-state index in [1.165, 1.54) is 56.9 Å². The van der Waals surface area contributed by atoms with Crippen LogP contribution in [0.3, 0.4) is 0 Å². The molecule has 3 aliphatic rings. The summed E-state index contributed by atoms with van der Waals surface area (Å²) >= 11 is 0. The van der Waals surface area contributed by atoms with Crippen molar-refractivity contribution in [3.63, 3.8) is 0 Å². The Bertz CT molecular complexity index is 833. The summed E-state index contributed by atoms with van der Waals surface area (Å²) in [5, 5.41) is 13.1. The number of tetrazole rings is 1. The third-order valence-corrected chi connectivity index (χ3v) is 6.44. The summed E-state index contributed by atoms with van der Waals surface area (Å²) in [5.41, 5.74) is 2.43. The van der Waals surface area contributed by atoms with Crippen molar-refractivity contribution in [1.82, 2.24) is 25.1 Å². The van der Waals surface area contributed by atoms with Crippen LogP contribution in [0.4, 0.5) is 0 Å². The number of hydrogen-bond acceptors (Lipinski definition) is 5. The van der Waals surface area contributed by atoms with Gasteiger partial charge in [0.25, 0.3) is 0 Å². The summed E-state index contributed by atoms with van der Waals surface area (Å²) < 4.78 is 8.26. The van der Waals surface area contributed by atoms with E-state index in [0.29, 0.717) is 12.6 Å². The summed E-state index contributed by atoms with van der Waals surface area (Å²) in [4.78, 5) is 2.57. The number of ether oxygens (including phenoxy) is 1. The van der Waals surface area contributed by atoms with Gasteiger partial charge in [-0.1, -0.05) is 43.9 Å². The molecule has 6 nitrogen and oxygen atoms in total. The van der Waals surface area contributed by atoms with E-state index in [9.17, 15) is 0 Å². The van der Waals surface area contributed by atoms with Crippen LogP contribution in [0.2, 0.25) is 0 Å². The second-order valence-corrected chi connectivity index (χ2v) is 8.32. The fourth-order valence-corrected chi connectivity index (χ4v) is 5.00. The van der Waals surface area contributed by atoms with Gasteiger partial charge in [-0.05, 0) is 66.9 Å². The number of nitrogens with zero attached hydrogens (tertiary/aromatic N) is 5. The Labute approximate surface area is 166 Å². The maximum absolute atomic E-state index is 6.12. The highest BCUT2D eigenvalue weighted by Gasteiger charge is 2.34. The molecule has 5 rings (SSSR count). The van der Waals surface area contributed by atoms with Gasteiger partial charge < -0.3 is 4.74 Å². The molecule has 1 aliphatic carbocycles. The van der Waals surface area contributed by atoms with E-state index in [-0.39, 0.29) is 6.04 Å². The van der Waals surface area contributed by atoms with Crippen molar-refractivity contribution >= 4 is 6.08 Å². The molecule has 0 radical (unpaired) electrons. The smallest absolute Gasteiger partial charge is 0.173 e. The first-order chi connectivity index (χ1) is 13.9. The number of fused-ring (bicyclic) bond motifs is 1. The van der Waals surface area contributed by atoms with Crippen LogP contribution in [0.5, 0.6) is 5.75 Å². The predicted molar refractivity (Wildman–Crippen MR) is 108 cm³/mol. The van der Waals surface area contributed by atoms with Crippen LogP contribution in [0.15, 0.2) is 29.8 Å².